The van der Waals surface area contributed by atoms with Crippen LogP contribution in [0.25, 0.3) is 0 Å². The molecule has 2 rings (SSSR count). The number of rotatable bonds is 5. The highest BCUT2D eigenvalue weighted by atomic mass is 16.2. The van der Waals surface area contributed by atoms with Crippen LogP contribution in [-0.4, -0.2) is 54.5 Å². The molecule has 0 radical (unpaired) electrons. The summed E-state index contributed by atoms with van der Waals surface area (Å²) in [5.41, 5.74) is 5.68. The maximum atomic E-state index is 12.7. The van der Waals surface area contributed by atoms with Gasteiger partial charge >= 0.3 is 0 Å². The highest BCUT2D eigenvalue weighted by Crippen LogP contribution is 2.32. The van der Waals surface area contributed by atoms with Crippen molar-refractivity contribution >= 4 is 5.91 Å². The zero-order valence-corrected chi connectivity index (χ0v) is 13.9. The van der Waals surface area contributed by atoms with Crippen molar-refractivity contribution in [2.45, 2.75) is 58.4 Å². The molecule has 1 aliphatic heterocycles. The largest absolute Gasteiger partial charge is 0.340 e. The Hall–Kier alpha value is -0.610. The number of piperazine rings is 1. The molecule has 2 fully saturated rings. The normalized spacial score (nSPS) is 29.4. The second kappa shape index (κ2) is 8.14. The smallest absolute Gasteiger partial charge is 0.225 e. The topological polar surface area (TPSA) is 49.6 Å². The third kappa shape index (κ3) is 4.43. The summed E-state index contributed by atoms with van der Waals surface area (Å²) in [6.45, 7) is 9.21. The molecule has 0 aromatic rings. The summed E-state index contributed by atoms with van der Waals surface area (Å²) in [5.74, 6) is 1.37. The van der Waals surface area contributed by atoms with Crippen molar-refractivity contribution in [2.75, 3.05) is 32.7 Å². The maximum Gasteiger partial charge on any atom is 0.225 e. The van der Waals surface area contributed by atoms with Gasteiger partial charge in [-0.3, -0.25) is 9.69 Å². The molecular formula is C17H33N3O. The minimum absolute atomic E-state index is 0.269. The molecule has 1 saturated carbocycles. The molecule has 1 aliphatic carbocycles. The van der Waals surface area contributed by atoms with Crippen molar-refractivity contribution in [3.63, 3.8) is 0 Å². The summed E-state index contributed by atoms with van der Waals surface area (Å²) in [4.78, 5) is 17.4. The Bertz CT molecular complexity index is 324. The van der Waals surface area contributed by atoms with E-state index in [1.807, 2.05) is 0 Å². The van der Waals surface area contributed by atoms with Gasteiger partial charge < -0.3 is 10.6 Å². The molecule has 3 atom stereocenters. The molecule has 0 aromatic carbocycles. The minimum atomic E-state index is 0.269. The fraction of sp³-hybridized carbons (Fsp3) is 0.941. The van der Waals surface area contributed by atoms with Crippen molar-refractivity contribution in [3.8, 4) is 0 Å². The lowest BCUT2D eigenvalue weighted by molar-refractivity contribution is -0.139. The predicted molar refractivity (Wildman–Crippen MR) is 87.0 cm³/mol. The zero-order valence-electron chi connectivity index (χ0n) is 13.9. The fourth-order valence-electron chi connectivity index (χ4n) is 3.91. The number of nitrogens with two attached hydrogens (primary N) is 1. The molecule has 2 N–H and O–H groups in total. The van der Waals surface area contributed by atoms with Gasteiger partial charge in [-0.15, -0.1) is 0 Å². The Balaban J connectivity index is 1.81. The van der Waals surface area contributed by atoms with Gasteiger partial charge in [0, 0.05) is 38.1 Å². The fourth-order valence-corrected chi connectivity index (χ4v) is 3.91. The summed E-state index contributed by atoms with van der Waals surface area (Å²) >= 11 is 0. The summed E-state index contributed by atoms with van der Waals surface area (Å²) < 4.78 is 0. The third-order valence-electron chi connectivity index (χ3n) is 5.55. The van der Waals surface area contributed by atoms with Gasteiger partial charge in [-0.2, -0.15) is 0 Å². The summed E-state index contributed by atoms with van der Waals surface area (Å²) in [6, 6.07) is 0.644. The molecule has 0 aromatic heterocycles. The van der Waals surface area contributed by atoms with E-state index in [2.05, 4.69) is 23.6 Å². The number of carbonyl (C=O) groups excluding carboxylic acids is 1. The SMILES string of the molecule is CCC(C)N1CCN(C(=O)C2CCCC(CCN)C2)CC1. The lowest BCUT2D eigenvalue weighted by Crippen LogP contribution is -2.52. The van der Waals surface area contributed by atoms with Crippen LogP contribution in [-0.2, 0) is 4.79 Å². The van der Waals surface area contributed by atoms with Crippen molar-refractivity contribution in [1.82, 2.24) is 9.80 Å². The van der Waals surface area contributed by atoms with Crippen molar-refractivity contribution in [3.05, 3.63) is 0 Å². The number of carbonyl (C=O) groups is 1. The van der Waals surface area contributed by atoms with Gasteiger partial charge in [-0.1, -0.05) is 19.8 Å². The Kier molecular flexibility index (Phi) is 6.49. The average Bonchev–Trinajstić information content (AvgIpc) is 2.54. The predicted octanol–water partition coefficient (Wildman–Crippen LogP) is 2.08. The van der Waals surface area contributed by atoms with E-state index in [0.717, 1.165) is 52.0 Å². The van der Waals surface area contributed by atoms with Crippen molar-refractivity contribution < 1.29 is 4.79 Å². The standard InChI is InChI=1S/C17H33N3O/c1-3-14(2)19-9-11-20(12-10-19)17(21)16-6-4-5-15(13-16)7-8-18/h14-16H,3-13,18H2,1-2H3. The average molecular weight is 295 g/mol. The molecule has 2 aliphatic rings. The first-order valence-electron chi connectivity index (χ1n) is 8.88. The lowest BCUT2D eigenvalue weighted by atomic mass is 9.79. The first-order chi connectivity index (χ1) is 10.2. The van der Waals surface area contributed by atoms with E-state index < -0.39 is 0 Å². The number of nitrogens with zero attached hydrogens (tertiary/aromatic N) is 2. The van der Waals surface area contributed by atoms with Crippen molar-refractivity contribution in [1.29, 1.82) is 0 Å². The number of hydrogen-bond donors (Lipinski definition) is 1. The van der Waals surface area contributed by atoms with Crippen LogP contribution >= 0.6 is 0 Å². The lowest BCUT2D eigenvalue weighted by Gasteiger charge is -2.40. The van der Waals surface area contributed by atoms with Crippen LogP contribution in [0, 0.1) is 11.8 Å². The van der Waals surface area contributed by atoms with Crippen LogP contribution in [0.2, 0.25) is 0 Å². The molecule has 122 valence electrons. The molecular weight excluding hydrogens is 262 g/mol. The zero-order chi connectivity index (χ0) is 15.2. The monoisotopic (exact) mass is 295 g/mol. The van der Waals surface area contributed by atoms with Gasteiger partial charge in [0.25, 0.3) is 0 Å². The molecule has 0 spiro atoms. The van der Waals surface area contributed by atoms with E-state index in [1.165, 1.54) is 19.3 Å². The van der Waals surface area contributed by atoms with Crippen LogP contribution in [0.15, 0.2) is 0 Å². The quantitative estimate of drug-likeness (QED) is 0.845. The highest BCUT2D eigenvalue weighted by molar-refractivity contribution is 5.79. The summed E-state index contributed by atoms with van der Waals surface area (Å²) in [7, 11) is 0. The van der Waals surface area contributed by atoms with Crippen molar-refractivity contribution in [2.24, 2.45) is 17.6 Å². The van der Waals surface area contributed by atoms with Crippen LogP contribution < -0.4 is 5.73 Å². The Morgan fingerprint density at radius 1 is 1.24 bits per heavy atom. The second-order valence-corrected chi connectivity index (χ2v) is 6.93. The Morgan fingerprint density at radius 2 is 1.95 bits per heavy atom. The first kappa shape index (κ1) is 16.8. The maximum absolute atomic E-state index is 12.7. The van der Waals surface area contributed by atoms with Crippen LogP contribution in [0.5, 0.6) is 0 Å². The van der Waals surface area contributed by atoms with E-state index in [4.69, 9.17) is 5.73 Å². The van der Waals surface area contributed by atoms with E-state index >= 15 is 0 Å². The van der Waals surface area contributed by atoms with E-state index in [9.17, 15) is 4.79 Å². The Morgan fingerprint density at radius 3 is 2.57 bits per heavy atom. The van der Waals surface area contributed by atoms with Gasteiger partial charge in [0.2, 0.25) is 5.91 Å². The van der Waals surface area contributed by atoms with E-state index in [1.54, 1.807) is 0 Å². The molecule has 0 bridgehead atoms. The summed E-state index contributed by atoms with van der Waals surface area (Å²) in [6.07, 6.45) is 6.91. The third-order valence-corrected chi connectivity index (χ3v) is 5.55. The van der Waals surface area contributed by atoms with Gasteiger partial charge in [0.1, 0.15) is 0 Å². The van der Waals surface area contributed by atoms with E-state index in [-0.39, 0.29) is 5.92 Å². The molecule has 1 heterocycles. The van der Waals surface area contributed by atoms with Gasteiger partial charge in [-0.25, -0.2) is 0 Å². The van der Waals surface area contributed by atoms with Gasteiger partial charge in [-0.05, 0) is 45.1 Å². The Labute approximate surface area is 130 Å². The van der Waals surface area contributed by atoms with Gasteiger partial charge in [0.15, 0.2) is 0 Å². The molecule has 21 heavy (non-hydrogen) atoms. The molecule has 1 amide bonds. The van der Waals surface area contributed by atoms with E-state index in [0.29, 0.717) is 17.9 Å². The molecule has 4 nitrogen and oxygen atoms in total. The molecule has 4 heteroatoms. The first-order valence-corrected chi connectivity index (χ1v) is 8.88. The number of amides is 1. The molecule has 1 saturated heterocycles. The van der Waals surface area contributed by atoms with Crippen LogP contribution in [0.3, 0.4) is 0 Å². The summed E-state index contributed by atoms with van der Waals surface area (Å²) in [5, 5.41) is 0. The van der Waals surface area contributed by atoms with Gasteiger partial charge in [0.05, 0.1) is 0 Å². The minimum Gasteiger partial charge on any atom is -0.340 e. The molecule has 3 unspecified atom stereocenters. The number of hydrogen-bond acceptors (Lipinski definition) is 3. The van der Waals surface area contributed by atoms with Crippen LogP contribution in [0.1, 0.15) is 52.4 Å². The van der Waals surface area contributed by atoms with Crippen LogP contribution in [0.4, 0.5) is 0 Å². The second-order valence-electron chi connectivity index (χ2n) is 6.93. The highest BCUT2D eigenvalue weighted by Gasteiger charge is 2.31.